The molecule has 2 atom stereocenters. The number of unbranched alkanes of at least 4 members (excludes halogenated alkanes) is 10. The zero-order chi connectivity index (χ0) is 29.7. The minimum atomic E-state index is -0.471. The summed E-state index contributed by atoms with van der Waals surface area (Å²) in [6, 6.07) is 0. The van der Waals surface area contributed by atoms with E-state index in [-0.39, 0.29) is 18.0 Å². The van der Waals surface area contributed by atoms with Crippen molar-refractivity contribution in [3.8, 4) is 0 Å². The number of ketones is 2. The molecule has 0 bridgehead atoms. The van der Waals surface area contributed by atoms with E-state index in [9.17, 15) is 9.59 Å². The molecule has 0 spiro atoms. The van der Waals surface area contributed by atoms with Gasteiger partial charge in [0.2, 0.25) is 0 Å². The molecule has 6 heteroatoms. The lowest BCUT2D eigenvalue weighted by Gasteiger charge is -2.16. The molecule has 0 amide bonds. The first-order valence-corrected chi connectivity index (χ1v) is 16.4. The number of carbonyl (C=O) groups is 2. The molecule has 2 aliphatic rings. The lowest BCUT2D eigenvalue weighted by molar-refractivity contribution is -0.139. The van der Waals surface area contributed by atoms with Crippen molar-refractivity contribution < 1.29 is 28.5 Å². The maximum atomic E-state index is 11.8. The molecular weight excluding hydrogens is 504 g/mol. The van der Waals surface area contributed by atoms with Crippen molar-refractivity contribution >= 4 is 11.6 Å². The minimum absolute atomic E-state index is 0.0862. The summed E-state index contributed by atoms with van der Waals surface area (Å²) < 4.78 is 22.4. The molecular formula is C34H62O6. The Hall–Kier alpha value is -1.08. The molecule has 0 N–H and O–H groups in total. The summed E-state index contributed by atoms with van der Waals surface area (Å²) in [4.78, 5) is 23.4. The Kier molecular flexibility index (Phi) is 19.9. The first kappa shape index (κ1) is 36.9. The number of carbonyl (C=O) groups excluding carboxylic acids is 2. The van der Waals surface area contributed by atoms with Crippen LogP contribution < -0.4 is 0 Å². The van der Waals surface area contributed by atoms with Gasteiger partial charge in [0, 0.05) is 19.3 Å². The van der Waals surface area contributed by atoms with Gasteiger partial charge in [-0.3, -0.25) is 9.59 Å². The molecule has 234 valence electrons. The summed E-state index contributed by atoms with van der Waals surface area (Å²) in [5, 5.41) is 0. The SMILES string of the molecule is CCCCCCCCC(=O)/C=C/C[C@H]1COC(C)(C)O1.CCCCCCCCC(=O)CCC[C@H]1COC(C)(C)O1. The monoisotopic (exact) mass is 566 g/mol. The molecule has 6 nitrogen and oxygen atoms in total. The molecule has 0 aromatic heterocycles. The number of ether oxygens (including phenoxy) is 4. The fraction of sp³-hybridized carbons (Fsp3) is 0.882. The van der Waals surface area contributed by atoms with Gasteiger partial charge in [-0.05, 0) is 65.9 Å². The van der Waals surface area contributed by atoms with E-state index in [0.717, 1.165) is 38.5 Å². The number of Topliss-reactive ketones (excluding diaryl/α,β-unsaturated/α-hetero) is 1. The molecule has 2 rings (SSSR count). The summed E-state index contributed by atoms with van der Waals surface area (Å²) in [6.45, 7) is 13.4. The van der Waals surface area contributed by atoms with E-state index >= 15 is 0 Å². The fourth-order valence-corrected chi connectivity index (χ4v) is 5.05. The third-order valence-corrected chi connectivity index (χ3v) is 7.40. The largest absolute Gasteiger partial charge is 0.348 e. The first-order valence-electron chi connectivity index (χ1n) is 16.4. The Morgan fingerprint density at radius 2 is 1.12 bits per heavy atom. The molecule has 0 radical (unpaired) electrons. The van der Waals surface area contributed by atoms with Crippen molar-refractivity contribution in [2.75, 3.05) is 13.2 Å². The van der Waals surface area contributed by atoms with Gasteiger partial charge in [-0.15, -0.1) is 0 Å². The van der Waals surface area contributed by atoms with Crippen molar-refractivity contribution in [1.82, 2.24) is 0 Å². The Balaban J connectivity index is 0.000000400. The topological polar surface area (TPSA) is 71.1 Å². The van der Waals surface area contributed by atoms with Gasteiger partial charge in [0.15, 0.2) is 17.4 Å². The highest BCUT2D eigenvalue weighted by Crippen LogP contribution is 2.26. The molecule has 0 aromatic carbocycles. The molecule has 2 saturated heterocycles. The van der Waals surface area contributed by atoms with E-state index in [1.807, 2.05) is 33.8 Å². The van der Waals surface area contributed by atoms with Gasteiger partial charge in [-0.25, -0.2) is 0 Å². The second-order valence-electron chi connectivity index (χ2n) is 12.5. The number of hydrogen-bond donors (Lipinski definition) is 0. The lowest BCUT2D eigenvalue weighted by Crippen LogP contribution is -2.21. The quantitative estimate of drug-likeness (QED) is 0.102. The number of allylic oxidation sites excluding steroid dienone is 1. The summed E-state index contributed by atoms with van der Waals surface area (Å²) in [5.74, 6) is -0.258. The highest BCUT2D eigenvalue weighted by atomic mass is 16.7. The number of hydrogen-bond acceptors (Lipinski definition) is 6. The van der Waals surface area contributed by atoms with Crippen molar-refractivity contribution in [3.63, 3.8) is 0 Å². The van der Waals surface area contributed by atoms with Crippen LogP contribution >= 0.6 is 0 Å². The van der Waals surface area contributed by atoms with Crippen LogP contribution in [0.15, 0.2) is 12.2 Å². The molecule has 0 unspecified atom stereocenters. The van der Waals surface area contributed by atoms with E-state index in [0.29, 0.717) is 31.8 Å². The Morgan fingerprint density at radius 1 is 0.650 bits per heavy atom. The highest BCUT2D eigenvalue weighted by Gasteiger charge is 2.32. The van der Waals surface area contributed by atoms with Gasteiger partial charge in [0.1, 0.15) is 5.78 Å². The van der Waals surface area contributed by atoms with Crippen LogP contribution in [0.5, 0.6) is 0 Å². The maximum Gasteiger partial charge on any atom is 0.163 e. The Morgan fingerprint density at radius 3 is 1.65 bits per heavy atom. The third-order valence-electron chi connectivity index (χ3n) is 7.40. The lowest BCUT2D eigenvalue weighted by atomic mass is 10.0. The van der Waals surface area contributed by atoms with Crippen molar-refractivity contribution in [3.05, 3.63) is 12.2 Å². The van der Waals surface area contributed by atoms with Crippen LogP contribution in [-0.2, 0) is 28.5 Å². The van der Waals surface area contributed by atoms with Crippen molar-refractivity contribution in [2.45, 2.75) is 181 Å². The third kappa shape index (κ3) is 19.9. The van der Waals surface area contributed by atoms with E-state index < -0.39 is 11.6 Å². The van der Waals surface area contributed by atoms with Crippen LogP contribution in [0.25, 0.3) is 0 Å². The Bertz CT molecular complexity index is 699. The average molecular weight is 567 g/mol. The summed E-state index contributed by atoms with van der Waals surface area (Å²) in [7, 11) is 0. The maximum absolute atomic E-state index is 11.8. The minimum Gasteiger partial charge on any atom is -0.348 e. The van der Waals surface area contributed by atoms with E-state index in [4.69, 9.17) is 18.9 Å². The molecule has 0 saturated carbocycles. The zero-order valence-electron chi connectivity index (χ0n) is 26.9. The van der Waals surface area contributed by atoms with Gasteiger partial charge in [0.25, 0.3) is 0 Å². The van der Waals surface area contributed by atoms with Crippen LogP contribution in [0.3, 0.4) is 0 Å². The molecule has 0 aliphatic carbocycles. The normalized spacial score (nSPS) is 21.4. The van der Waals surface area contributed by atoms with Gasteiger partial charge < -0.3 is 18.9 Å². The van der Waals surface area contributed by atoms with E-state index in [2.05, 4.69) is 13.8 Å². The van der Waals surface area contributed by atoms with Crippen LogP contribution in [0.1, 0.15) is 157 Å². The van der Waals surface area contributed by atoms with Gasteiger partial charge >= 0.3 is 0 Å². The molecule has 2 fully saturated rings. The second kappa shape index (κ2) is 21.6. The molecule has 2 aliphatic heterocycles. The zero-order valence-corrected chi connectivity index (χ0v) is 26.9. The fourth-order valence-electron chi connectivity index (χ4n) is 5.05. The van der Waals surface area contributed by atoms with E-state index in [1.54, 1.807) is 6.08 Å². The summed E-state index contributed by atoms with van der Waals surface area (Å²) >= 11 is 0. The highest BCUT2D eigenvalue weighted by molar-refractivity contribution is 5.89. The van der Waals surface area contributed by atoms with Crippen LogP contribution in [0.4, 0.5) is 0 Å². The van der Waals surface area contributed by atoms with Gasteiger partial charge in [0.05, 0.1) is 25.4 Å². The van der Waals surface area contributed by atoms with Crippen LogP contribution in [-0.4, -0.2) is 48.6 Å². The van der Waals surface area contributed by atoms with Crippen LogP contribution in [0, 0.1) is 0 Å². The standard InChI is InChI=1S/C17H32O3.C17H30O3/c2*1-4-5-6-7-8-9-11-15(18)12-10-13-16-14-19-17(2,3)20-16/h16H,4-14H2,1-3H3;10,12,16H,4-9,11,13-14H2,1-3H3/b;12-10+/t2*16-/m00/s1. The summed E-state index contributed by atoms with van der Waals surface area (Å²) in [6.07, 6.45) is 23.5. The Labute approximate surface area is 246 Å². The first-order chi connectivity index (χ1) is 19.1. The predicted molar refractivity (Wildman–Crippen MR) is 163 cm³/mol. The van der Waals surface area contributed by atoms with Crippen LogP contribution in [0.2, 0.25) is 0 Å². The van der Waals surface area contributed by atoms with Crippen molar-refractivity contribution in [2.24, 2.45) is 0 Å². The molecule has 0 aromatic rings. The second-order valence-corrected chi connectivity index (χ2v) is 12.5. The molecule has 2 heterocycles. The van der Waals surface area contributed by atoms with Gasteiger partial charge in [-0.1, -0.05) is 84.1 Å². The molecule has 40 heavy (non-hydrogen) atoms. The predicted octanol–water partition coefficient (Wildman–Crippen LogP) is 9.03. The summed E-state index contributed by atoms with van der Waals surface area (Å²) in [5.41, 5.74) is 0. The number of rotatable bonds is 21. The average Bonchev–Trinajstić information content (AvgIpc) is 3.43. The van der Waals surface area contributed by atoms with E-state index in [1.165, 1.54) is 64.2 Å². The van der Waals surface area contributed by atoms with Crippen molar-refractivity contribution in [1.29, 1.82) is 0 Å². The smallest absolute Gasteiger partial charge is 0.163 e. The van der Waals surface area contributed by atoms with Gasteiger partial charge in [-0.2, -0.15) is 0 Å².